The normalized spacial score (nSPS) is 24.6. The highest BCUT2D eigenvalue weighted by Crippen LogP contribution is 2.61. The van der Waals surface area contributed by atoms with Gasteiger partial charge in [0.15, 0.2) is 0 Å². The van der Waals surface area contributed by atoms with Crippen molar-refractivity contribution in [3.63, 3.8) is 0 Å². The van der Waals surface area contributed by atoms with Gasteiger partial charge in [-0.25, -0.2) is 9.40 Å². The number of hydrogen-bond acceptors (Lipinski definition) is 4. The van der Waals surface area contributed by atoms with Crippen LogP contribution in [0.3, 0.4) is 0 Å². The second kappa shape index (κ2) is 8.57. The van der Waals surface area contributed by atoms with Crippen molar-refractivity contribution in [3.05, 3.63) is 98.8 Å². The van der Waals surface area contributed by atoms with Gasteiger partial charge in [-0.2, -0.15) is 5.10 Å². The number of benzene rings is 3. The molecule has 0 radical (unpaired) electrons. The first-order valence-electron chi connectivity index (χ1n) is 11.9. The second-order valence-electron chi connectivity index (χ2n) is 9.79. The van der Waals surface area contributed by atoms with E-state index >= 15 is 0 Å². The molecule has 1 N–H and O–H groups in total. The van der Waals surface area contributed by atoms with Gasteiger partial charge in [-0.1, -0.05) is 47.5 Å². The van der Waals surface area contributed by atoms with E-state index in [1.54, 1.807) is 31.3 Å². The smallest absolute Gasteiger partial charge is 0.262 e. The minimum atomic E-state index is -1.22. The fourth-order valence-electron chi connectivity index (χ4n) is 6.17. The Morgan fingerprint density at radius 3 is 2.62 bits per heavy atom. The highest BCUT2D eigenvalue weighted by Gasteiger charge is 2.63. The molecule has 2 amide bonds. The van der Waals surface area contributed by atoms with E-state index in [-0.39, 0.29) is 18.4 Å². The number of nitrogens with zero attached hydrogens (tertiary/aromatic N) is 3. The summed E-state index contributed by atoms with van der Waals surface area (Å²) in [7, 11) is 1.62. The van der Waals surface area contributed by atoms with Gasteiger partial charge in [0.25, 0.3) is 5.91 Å². The predicted molar refractivity (Wildman–Crippen MR) is 141 cm³/mol. The molecule has 3 atom stereocenters. The van der Waals surface area contributed by atoms with Crippen LogP contribution in [0.5, 0.6) is 0 Å². The fraction of sp³-hybridized carbons (Fsp3) is 0.250. The van der Waals surface area contributed by atoms with Gasteiger partial charge in [0.2, 0.25) is 5.91 Å². The maximum absolute atomic E-state index is 14.8. The van der Waals surface area contributed by atoms with Crippen LogP contribution in [-0.4, -0.2) is 41.2 Å². The number of nitrogens with one attached hydrogen (secondary N) is 1. The molecule has 1 fully saturated rings. The van der Waals surface area contributed by atoms with Crippen LogP contribution >= 0.6 is 23.2 Å². The van der Waals surface area contributed by atoms with E-state index < -0.39 is 23.2 Å². The van der Waals surface area contributed by atoms with Crippen LogP contribution in [0, 0.1) is 12.7 Å². The van der Waals surface area contributed by atoms with Crippen molar-refractivity contribution in [3.8, 4) is 0 Å². The average Bonchev–Trinajstić information content (AvgIpc) is 3.13. The van der Waals surface area contributed by atoms with E-state index in [1.165, 1.54) is 17.1 Å². The first-order chi connectivity index (χ1) is 17.7. The minimum absolute atomic E-state index is 0.0101. The lowest BCUT2D eigenvalue weighted by molar-refractivity contribution is -0.135. The minimum Gasteiger partial charge on any atom is -0.341 e. The average molecular weight is 537 g/mol. The zero-order valence-electron chi connectivity index (χ0n) is 20.1. The summed E-state index contributed by atoms with van der Waals surface area (Å²) in [5.74, 6) is -0.642. The monoisotopic (exact) mass is 536 g/mol. The lowest BCUT2D eigenvalue weighted by Gasteiger charge is -2.54. The molecule has 188 valence electrons. The van der Waals surface area contributed by atoms with E-state index in [0.29, 0.717) is 33.6 Å². The molecule has 0 bridgehead atoms. The molecular formula is C28H23Cl2FN4O2. The standard InChI is InChI=1S/C28H23Cl2FN4O2/c1-15-6-8-19(31)12-20(15)26-28(21-9-7-18(30)11-23(21)32-27(28)37)22(16-4-3-5-17(29)10-16)13-24-33-34(2)25(36)14-35(24)26/h3-12,22,26H,13-14H2,1-2H3,(H,32,37)/t22-,26+,28-/m0/s1. The number of hydrogen-bond donors (Lipinski definition) is 1. The van der Waals surface area contributed by atoms with Crippen molar-refractivity contribution >= 4 is 46.5 Å². The van der Waals surface area contributed by atoms with E-state index in [0.717, 1.165) is 16.7 Å². The van der Waals surface area contributed by atoms with E-state index in [1.807, 2.05) is 36.1 Å². The highest BCUT2D eigenvalue weighted by atomic mass is 35.5. The molecule has 37 heavy (non-hydrogen) atoms. The van der Waals surface area contributed by atoms with Gasteiger partial charge < -0.3 is 10.2 Å². The summed E-state index contributed by atoms with van der Waals surface area (Å²) in [5.41, 5.74) is 2.40. The molecule has 3 aliphatic heterocycles. The van der Waals surface area contributed by atoms with Gasteiger partial charge in [0.1, 0.15) is 23.6 Å². The summed E-state index contributed by atoms with van der Waals surface area (Å²) in [6.07, 6.45) is 0.373. The summed E-state index contributed by atoms with van der Waals surface area (Å²) in [6.45, 7) is 1.89. The third-order valence-electron chi connectivity index (χ3n) is 7.78. The number of amides is 2. The maximum Gasteiger partial charge on any atom is 0.262 e. The number of hydrazone groups is 1. The van der Waals surface area contributed by atoms with Gasteiger partial charge in [0.05, 0.1) is 6.04 Å². The third kappa shape index (κ3) is 3.55. The number of fused-ring (bicyclic) bond motifs is 3. The van der Waals surface area contributed by atoms with Crippen molar-refractivity contribution in [2.24, 2.45) is 5.10 Å². The Bertz CT molecular complexity index is 1510. The first-order valence-corrected chi connectivity index (χ1v) is 12.7. The summed E-state index contributed by atoms with van der Waals surface area (Å²) < 4.78 is 14.8. The Balaban J connectivity index is 1.72. The molecule has 6 nitrogen and oxygen atoms in total. The van der Waals surface area contributed by atoms with E-state index in [9.17, 15) is 14.0 Å². The Hall–Kier alpha value is -3.42. The van der Waals surface area contributed by atoms with Gasteiger partial charge in [-0.15, -0.1) is 0 Å². The van der Waals surface area contributed by atoms with Crippen molar-refractivity contribution in [1.29, 1.82) is 0 Å². The Labute approximate surface area is 223 Å². The van der Waals surface area contributed by atoms with Gasteiger partial charge in [-0.05, 0) is 65.6 Å². The molecule has 3 heterocycles. The molecule has 0 aliphatic carbocycles. The number of anilines is 1. The quantitative estimate of drug-likeness (QED) is 0.460. The number of carbonyl (C=O) groups is 2. The maximum atomic E-state index is 14.8. The number of aryl methyl sites for hydroxylation is 1. The topological polar surface area (TPSA) is 65.0 Å². The van der Waals surface area contributed by atoms with Crippen LogP contribution in [0.4, 0.5) is 10.1 Å². The Morgan fingerprint density at radius 1 is 1.05 bits per heavy atom. The molecule has 0 saturated carbocycles. The van der Waals surface area contributed by atoms with Gasteiger partial charge in [-0.3, -0.25) is 9.59 Å². The zero-order valence-corrected chi connectivity index (χ0v) is 21.6. The molecule has 0 aromatic heterocycles. The SMILES string of the molecule is Cc1ccc(F)cc1[C@H]1N2CC(=O)N(C)N=C2C[C@@H](c2cccc(Cl)c2)[C@]12C(=O)Nc1cc(Cl)ccc12. The van der Waals surface area contributed by atoms with Gasteiger partial charge in [0, 0.05) is 35.1 Å². The first kappa shape index (κ1) is 23.9. The van der Waals surface area contributed by atoms with Crippen LogP contribution in [0.25, 0.3) is 0 Å². The summed E-state index contributed by atoms with van der Waals surface area (Å²) in [5, 5.41) is 10.0. The Kier molecular flexibility index (Phi) is 5.55. The molecule has 3 aromatic rings. The number of rotatable bonds is 2. The van der Waals surface area contributed by atoms with Crippen LogP contribution < -0.4 is 5.32 Å². The van der Waals surface area contributed by atoms with Crippen molar-refractivity contribution in [1.82, 2.24) is 9.91 Å². The lowest BCUT2D eigenvalue weighted by atomic mass is 9.58. The van der Waals surface area contributed by atoms with Gasteiger partial charge >= 0.3 is 0 Å². The molecule has 3 aromatic carbocycles. The molecule has 0 unspecified atom stereocenters. The van der Waals surface area contributed by atoms with Crippen LogP contribution in [0.15, 0.2) is 65.8 Å². The van der Waals surface area contributed by atoms with Crippen LogP contribution in [-0.2, 0) is 15.0 Å². The molecule has 1 saturated heterocycles. The summed E-state index contributed by atoms with van der Waals surface area (Å²) in [4.78, 5) is 29.1. The number of halogens is 3. The van der Waals surface area contributed by atoms with Crippen LogP contribution in [0.1, 0.15) is 40.6 Å². The third-order valence-corrected chi connectivity index (χ3v) is 8.25. The number of likely N-dealkylation sites (N-methyl/N-ethyl adjacent to an activating group) is 1. The Morgan fingerprint density at radius 2 is 1.84 bits per heavy atom. The molecule has 6 rings (SSSR count). The van der Waals surface area contributed by atoms with Crippen molar-refractivity contribution < 1.29 is 14.0 Å². The molecule has 3 aliphatic rings. The predicted octanol–water partition coefficient (Wildman–Crippen LogP) is 5.65. The lowest BCUT2D eigenvalue weighted by Crippen LogP contribution is -2.61. The largest absolute Gasteiger partial charge is 0.341 e. The molecular weight excluding hydrogens is 514 g/mol. The van der Waals surface area contributed by atoms with Crippen LogP contribution in [0.2, 0.25) is 10.0 Å². The fourth-order valence-corrected chi connectivity index (χ4v) is 6.54. The summed E-state index contributed by atoms with van der Waals surface area (Å²) >= 11 is 12.8. The second-order valence-corrected chi connectivity index (χ2v) is 10.7. The zero-order chi connectivity index (χ0) is 26.1. The molecule has 1 spiro atoms. The molecule has 9 heteroatoms. The highest BCUT2D eigenvalue weighted by molar-refractivity contribution is 6.31. The summed E-state index contributed by atoms with van der Waals surface area (Å²) in [6, 6.07) is 16.6. The number of carbonyl (C=O) groups excluding carboxylic acids is 2. The van der Waals surface area contributed by atoms with Crippen molar-refractivity contribution in [2.75, 3.05) is 18.9 Å². The van der Waals surface area contributed by atoms with E-state index in [4.69, 9.17) is 23.2 Å². The van der Waals surface area contributed by atoms with Crippen molar-refractivity contribution in [2.45, 2.75) is 30.7 Å². The van der Waals surface area contributed by atoms with E-state index in [2.05, 4.69) is 10.4 Å². The number of amidine groups is 1. The number of piperidine rings is 1.